The number of alkyl halides is 1. The van der Waals surface area contributed by atoms with Gasteiger partial charge in [-0.2, -0.15) is 5.10 Å². The van der Waals surface area contributed by atoms with Gasteiger partial charge in [0.2, 0.25) is 5.91 Å². The van der Waals surface area contributed by atoms with Gasteiger partial charge in [-0.15, -0.1) is 11.6 Å². The summed E-state index contributed by atoms with van der Waals surface area (Å²) in [6.45, 7) is 0. The molecule has 0 saturated carbocycles. The predicted molar refractivity (Wildman–Crippen MR) is 79.6 cm³/mol. The van der Waals surface area contributed by atoms with Crippen LogP contribution >= 0.6 is 11.6 Å². The van der Waals surface area contributed by atoms with Crippen molar-refractivity contribution in [2.45, 2.75) is 25.7 Å². The second-order valence-corrected chi connectivity index (χ2v) is 5.18. The highest BCUT2D eigenvalue weighted by molar-refractivity contribution is 6.29. The summed E-state index contributed by atoms with van der Waals surface area (Å²) >= 11 is 5.61. The van der Waals surface area contributed by atoms with Crippen LogP contribution in [0.1, 0.15) is 24.1 Å². The average molecular weight is 290 g/mol. The topological polar surface area (TPSA) is 46.9 Å². The van der Waals surface area contributed by atoms with Gasteiger partial charge in [0.15, 0.2) is 0 Å². The number of amides is 1. The first-order valence-electron chi connectivity index (χ1n) is 6.81. The number of aromatic nitrogens is 2. The number of hydrogen-bond donors (Lipinski definition) is 1. The fraction of sp³-hybridized carbons (Fsp3) is 0.333. The molecule has 0 bridgehead atoms. The molecule has 0 atom stereocenters. The van der Waals surface area contributed by atoms with Gasteiger partial charge in [0.25, 0.3) is 0 Å². The molecule has 0 spiro atoms. The van der Waals surface area contributed by atoms with Crippen molar-refractivity contribution in [2.75, 3.05) is 11.2 Å². The SMILES string of the molecule is O=C(CCl)Nc1c2c(nn1-c1ccccc1)CCCC2. The normalized spacial score (nSPS) is 13.8. The molecule has 3 rings (SSSR count). The van der Waals surface area contributed by atoms with Crippen molar-refractivity contribution in [3.63, 3.8) is 0 Å². The number of hydrogen-bond acceptors (Lipinski definition) is 2. The number of nitrogens with one attached hydrogen (secondary N) is 1. The van der Waals surface area contributed by atoms with Gasteiger partial charge in [0.05, 0.1) is 11.4 Å². The Bertz CT molecular complexity index is 622. The number of benzene rings is 1. The number of carbonyl (C=O) groups excluding carboxylic acids is 1. The van der Waals surface area contributed by atoms with Gasteiger partial charge in [-0.05, 0) is 37.8 Å². The first-order valence-corrected chi connectivity index (χ1v) is 7.35. The van der Waals surface area contributed by atoms with Gasteiger partial charge in [-0.25, -0.2) is 4.68 Å². The quantitative estimate of drug-likeness (QED) is 0.883. The first kappa shape index (κ1) is 13.2. The zero-order valence-electron chi connectivity index (χ0n) is 11.1. The Balaban J connectivity index is 2.08. The molecule has 1 aliphatic carbocycles. The van der Waals surface area contributed by atoms with Gasteiger partial charge in [0.1, 0.15) is 11.7 Å². The molecule has 1 aromatic heterocycles. The van der Waals surface area contributed by atoms with E-state index in [-0.39, 0.29) is 11.8 Å². The van der Waals surface area contributed by atoms with Crippen LogP contribution in [-0.4, -0.2) is 21.6 Å². The van der Waals surface area contributed by atoms with Gasteiger partial charge in [-0.3, -0.25) is 4.79 Å². The van der Waals surface area contributed by atoms with Crippen LogP contribution in [0.2, 0.25) is 0 Å². The molecular formula is C15H16ClN3O. The Labute approximate surface area is 122 Å². The molecule has 0 radical (unpaired) electrons. The van der Waals surface area contributed by atoms with E-state index in [1.165, 1.54) is 0 Å². The van der Waals surface area contributed by atoms with Crippen LogP contribution in [0.4, 0.5) is 5.82 Å². The maximum absolute atomic E-state index is 11.7. The lowest BCUT2D eigenvalue weighted by molar-refractivity contribution is -0.114. The number of carbonyl (C=O) groups is 1. The molecule has 1 heterocycles. The summed E-state index contributed by atoms with van der Waals surface area (Å²) in [5.41, 5.74) is 3.19. The molecule has 1 amide bonds. The molecule has 20 heavy (non-hydrogen) atoms. The Morgan fingerprint density at radius 1 is 1.25 bits per heavy atom. The lowest BCUT2D eigenvalue weighted by Gasteiger charge is -2.12. The van der Waals surface area contributed by atoms with Crippen molar-refractivity contribution < 1.29 is 4.79 Å². The molecule has 4 nitrogen and oxygen atoms in total. The molecule has 0 saturated heterocycles. The van der Waals surface area contributed by atoms with Crippen molar-refractivity contribution in [3.8, 4) is 5.69 Å². The number of nitrogens with zero attached hydrogens (tertiary/aromatic N) is 2. The zero-order chi connectivity index (χ0) is 13.9. The zero-order valence-corrected chi connectivity index (χ0v) is 11.9. The van der Waals surface area contributed by atoms with Crippen LogP contribution < -0.4 is 5.32 Å². The number of anilines is 1. The fourth-order valence-corrected chi connectivity index (χ4v) is 2.67. The molecular weight excluding hydrogens is 274 g/mol. The third-order valence-electron chi connectivity index (χ3n) is 3.54. The van der Waals surface area contributed by atoms with Crippen molar-refractivity contribution in [1.29, 1.82) is 0 Å². The van der Waals surface area contributed by atoms with E-state index in [9.17, 15) is 4.79 Å². The number of fused-ring (bicyclic) bond motifs is 1. The first-order chi connectivity index (χ1) is 9.79. The van der Waals surface area contributed by atoms with Crippen molar-refractivity contribution in [2.24, 2.45) is 0 Å². The van der Waals surface area contributed by atoms with Crippen LogP contribution in [-0.2, 0) is 17.6 Å². The van der Waals surface area contributed by atoms with Gasteiger partial charge in [0, 0.05) is 5.56 Å². The molecule has 104 valence electrons. The van der Waals surface area contributed by atoms with E-state index in [1.54, 1.807) is 0 Å². The Kier molecular flexibility index (Phi) is 3.74. The third-order valence-corrected chi connectivity index (χ3v) is 3.78. The highest BCUT2D eigenvalue weighted by Crippen LogP contribution is 2.30. The fourth-order valence-electron chi connectivity index (χ4n) is 2.60. The summed E-state index contributed by atoms with van der Waals surface area (Å²) in [6, 6.07) is 9.85. The van der Waals surface area contributed by atoms with Crippen molar-refractivity contribution in [1.82, 2.24) is 9.78 Å². The minimum atomic E-state index is -0.197. The number of para-hydroxylation sites is 1. The molecule has 1 aliphatic rings. The van der Waals surface area contributed by atoms with E-state index in [0.717, 1.165) is 48.4 Å². The molecule has 5 heteroatoms. The summed E-state index contributed by atoms with van der Waals surface area (Å²) in [7, 11) is 0. The minimum Gasteiger partial charge on any atom is -0.309 e. The number of halogens is 1. The van der Waals surface area contributed by atoms with Crippen LogP contribution in [0.5, 0.6) is 0 Å². The van der Waals surface area contributed by atoms with Crippen molar-refractivity contribution in [3.05, 3.63) is 41.6 Å². The predicted octanol–water partition coefficient (Wildman–Crippen LogP) is 2.93. The van der Waals surface area contributed by atoms with Crippen LogP contribution in [0, 0.1) is 0 Å². The highest BCUT2D eigenvalue weighted by atomic mass is 35.5. The van der Waals surface area contributed by atoms with Crippen molar-refractivity contribution >= 4 is 23.3 Å². The van der Waals surface area contributed by atoms with Gasteiger partial charge in [-0.1, -0.05) is 18.2 Å². The molecule has 0 unspecified atom stereocenters. The minimum absolute atomic E-state index is 0.0469. The van der Waals surface area contributed by atoms with Gasteiger partial charge >= 0.3 is 0 Å². The highest BCUT2D eigenvalue weighted by Gasteiger charge is 2.22. The van der Waals surface area contributed by atoms with Crippen LogP contribution in [0.25, 0.3) is 5.69 Å². The second-order valence-electron chi connectivity index (χ2n) is 4.91. The summed E-state index contributed by atoms with van der Waals surface area (Å²) in [6.07, 6.45) is 4.22. The molecule has 1 N–H and O–H groups in total. The van der Waals surface area contributed by atoms with E-state index in [4.69, 9.17) is 11.6 Å². The molecule has 0 fully saturated rings. The smallest absolute Gasteiger partial charge is 0.240 e. The Hall–Kier alpha value is -1.81. The van der Waals surface area contributed by atoms with Gasteiger partial charge < -0.3 is 5.32 Å². The molecule has 0 aliphatic heterocycles. The maximum atomic E-state index is 11.7. The summed E-state index contributed by atoms with van der Waals surface area (Å²) in [5.74, 6) is 0.531. The summed E-state index contributed by atoms with van der Waals surface area (Å²) < 4.78 is 1.82. The van der Waals surface area contributed by atoms with Crippen LogP contribution in [0.3, 0.4) is 0 Å². The summed E-state index contributed by atoms with van der Waals surface area (Å²) in [4.78, 5) is 11.7. The Morgan fingerprint density at radius 2 is 2.00 bits per heavy atom. The number of aryl methyl sites for hydroxylation is 1. The monoisotopic (exact) mass is 289 g/mol. The maximum Gasteiger partial charge on any atom is 0.240 e. The van der Waals surface area contributed by atoms with E-state index >= 15 is 0 Å². The lowest BCUT2D eigenvalue weighted by Crippen LogP contribution is -2.17. The Morgan fingerprint density at radius 3 is 2.75 bits per heavy atom. The second kappa shape index (κ2) is 5.67. The van der Waals surface area contributed by atoms with E-state index in [0.29, 0.717) is 0 Å². The standard InChI is InChI=1S/C15H16ClN3O/c16-10-14(20)17-15-12-8-4-5-9-13(12)18-19(15)11-6-2-1-3-7-11/h1-3,6-7H,4-5,8-10H2,(H,17,20). The lowest BCUT2D eigenvalue weighted by atomic mass is 9.97. The van der Waals surface area contributed by atoms with Crippen LogP contribution in [0.15, 0.2) is 30.3 Å². The largest absolute Gasteiger partial charge is 0.309 e. The number of rotatable bonds is 3. The van der Waals surface area contributed by atoms with E-state index in [2.05, 4.69) is 10.4 Å². The third kappa shape index (κ3) is 2.43. The van der Waals surface area contributed by atoms with E-state index < -0.39 is 0 Å². The molecule has 1 aromatic carbocycles. The van der Waals surface area contributed by atoms with E-state index in [1.807, 2.05) is 35.0 Å². The molecule has 2 aromatic rings. The summed E-state index contributed by atoms with van der Waals surface area (Å²) in [5, 5.41) is 7.56. The average Bonchev–Trinajstić information content (AvgIpc) is 2.87.